The van der Waals surface area contributed by atoms with Gasteiger partial charge in [-0.15, -0.1) is 12.2 Å². The van der Waals surface area contributed by atoms with Gasteiger partial charge in [-0.3, -0.25) is 0 Å². The van der Waals surface area contributed by atoms with E-state index in [0.29, 0.717) is 10.8 Å². The van der Waals surface area contributed by atoms with E-state index in [4.69, 9.17) is 0 Å². The summed E-state index contributed by atoms with van der Waals surface area (Å²) in [6.07, 6.45) is 8.36. The highest BCUT2D eigenvalue weighted by Crippen LogP contribution is 2.63. The number of hydrogen-bond acceptors (Lipinski definition) is 0. The molecule has 2 saturated carbocycles. The number of rotatable bonds is 2. The van der Waals surface area contributed by atoms with Crippen molar-refractivity contribution in [2.45, 2.75) is 61.2 Å². The van der Waals surface area contributed by atoms with Gasteiger partial charge in [0.05, 0.1) is 0 Å². The van der Waals surface area contributed by atoms with Crippen molar-refractivity contribution >= 4 is 6.71 Å². The maximum Gasteiger partial charge on any atom is 0.0273 e. The van der Waals surface area contributed by atoms with Gasteiger partial charge in [-0.1, -0.05) is 53.4 Å². The normalized spacial score (nSPS) is 48.5. The Balaban J connectivity index is 1.63. The third-order valence-corrected chi connectivity index (χ3v) is 9.27. The maximum atomic E-state index is 2.73. The largest absolute Gasteiger partial charge is 0.231 e. The van der Waals surface area contributed by atoms with E-state index in [1.54, 1.807) is 0 Å². The van der Waals surface area contributed by atoms with Gasteiger partial charge in [0.15, 0.2) is 0 Å². The summed E-state index contributed by atoms with van der Waals surface area (Å²) in [5, 5.41) is 0. The van der Waals surface area contributed by atoms with Gasteiger partial charge in [0.1, 0.15) is 0 Å². The lowest BCUT2D eigenvalue weighted by molar-refractivity contribution is -0.0305. The van der Waals surface area contributed by atoms with Crippen molar-refractivity contribution in [1.29, 1.82) is 0 Å². The quantitative estimate of drug-likeness (QED) is 0.599. The standard InChI is InChI=1S/C21H34B/c1-12-16-8-14(20(16,3)4)10-18(12)22(7)19-11-15-9-17(13(19)2)21(15,5)6/h10-17,22H,8-9H2,1-7H3/q-1. The van der Waals surface area contributed by atoms with E-state index in [-0.39, 0.29) is 6.71 Å². The van der Waals surface area contributed by atoms with E-state index >= 15 is 0 Å². The molecule has 2 fully saturated rings. The van der Waals surface area contributed by atoms with Crippen LogP contribution in [0.1, 0.15) is 54.4 Å². The Hall–Kier alpha value is -0.455. The molecule has 6 unspecified atom stereocenters. The predicted molar refractivity (Wildman–Crippen MR) is 98.3 cm³/mol. The molecule has 0 radical (unpaired) electrons. The minimum Gasteiger partial charge on any atom is -0.231 e. The van der Waals surface area contributed by atoms with Crippen LogP contribution in [-0.2, 0) is 0 Å². The van der Waals surface area contributed by atoms with Crippen LogP contribution >= 0.6 is 0 Å². The average molecular weight is 297 g/mol. The van der Waals surface area contributed by atoms with E-state index in [1.165, 1.54) is 12.8 Å². The zero-order chi connectivity index (χ0) is 16.0. The molecule has 6 atom stereocenters. The van der Waals surface area contributed by atoms with Crippen LogP contribution in [0, 0.1) is 46.3 Å². The zero-order valence-corrected chi connectivity index (χ0v) is 15.7. The fourth-order valence-electron chi connectivity index (χ4n) is 7.15. The molecule has 0 aromatic rings. The van der Waals surface area contributed by atoms with Gasteiger partial charge in [0.25, 0.3) is 0 Å². The molecule has 6 rings (SSSR count). The van der Waals surface area contributed by atoms with E-state index in [1.807, 2.05) is 10.9 Å². The van der Waals surface area contributed by atoms with Crippen LogP contribution in [-0.4, -0.2) is 6.71 Å². The van der Waals surface area contributed by atoms with Crippen LogP contribution in [0.5, 0.6) is 0 Å². The molecule has 0 aliphatic heterocycles. The van der Waals surface area contributed by atoms with Crippen LogP contribution in [0.25, 0.3) is 0 Å². The molecule has 0 N–H and O–H groups in total. The van der Waals surface area contributed by atoms with Gasteiger partial charge in [0, 0.05) is 6.71 Å². The van der Waals surface area contributed by atoms with Gasteiger partial charge >= 0.3 is 0 Å². The number of fused-ring (bicyclic) bond motifs is 2. The Kier molecular flexibility index (Phi) is 2.97. The lowest BCUT2D eigenvalue weighted by atomic mass is 9.28. The van der Waals surface area contributed by atoms with Crippen LogP contribution in [0.2, 0.25) is 6.82 Å². The Morgan fingerprint density at radius 3 is 1.45 bits per heavy atom. The van der Waals surface area contributed by atoms with Crippen LogP contribution in [0.4, 0.5) is 0 Å². The fraction of sp³-hybridized carbons (Fsp3) is 0.810. The molecule has 122 valence electrons. The first kappa shape index (κ1) is 15.1. The van der Waals surface area contributed by atoms with E-state index in [2.05, 4.69) is 60.5 Å². The Morgan fingerprint density at radius 2 is 1.18 bits per heavy atom. The Bertz CT molecular complexity index is 514. The highest BCUT2D eigenvalue weighted by Gasteiger charge is 2.54. The van der Waals surface area contributed by atoms with Gasteiger partial charge in [-0.25, -0.2) is 10.9 Å². The molecule has 4 bridgehead atoms. The molecule has 0 amide bonds. The first-order valence-electron chi connectivity index (χ1n) is 9.84. The minimum atomic E-state index is -0.259. The third kappa shape index (κ3) is 1.66. The number of allylic oxidation sites excluding steroid dienone is 4. The second-order valence-electron chi connectivity index (χ2n) is 10.5. The monoisotopic (exact) mass is 297 g/mol. The summed E-state index contributed by atoms with van der Waals surface area (Å²) in [6.45, 7) is 17.4. The van der Waals surface area contributed by atoms with Crippen LogP contribution in [0.15, 0.2) is 23.1 Å². The second-order valence-corrected chi connectivity index (χ2v) is 10.5. The zero-order valence-electron chi connectivity index (χ0n) is 15.7. The summed E-state index contributed by atoms with van der Waals surface area (Å²) in [4.78, 5) is 0. The van der Waals surface area contributed by atoms with Crippen molar-refractivity contribution in [3.8, 4) is 0 Å². The smallest absolute Gasteiger partial charge is 0.0273 e. The van der Waals surface area contributed by atoms with Crippen molar-refractivity contribution in [3.05, 3.63) is 23.1 Å². The molecular weight excluding hydrogens is 263 g/mol. The average Bonchev–Trinajstić information content (AvgIpc) is 2.45. The molecule has 1 heteroatoms. The van der Waals surface area contributed by atoms with Crippen molar-refractivity contribution in [2.24, 2.45) is 46.3 Å². The molecule has 22 heavy (non-hydrogen) atoms. The molecule has 0 spiro atoms. The summed E-state index contributed by atoms with van der Waals surface area (Å²) in [6, 6.07) is 0. The van der Waals surface area contributed by atoms with E-state index in [9.17, 15) is 0 Å². The molecule has 0 saturated heterocycles. The van der Waals surface area contributed by atoms with Crippen molar-refractivity contribution in [2.75, 3.05) is 0 Å². The highest BCUT2D eigenvalue weighted by molar-refractivity contribution is 6.73. The summed E-state index contributed by atoms with van der Waals surface area (Å²) in [5.41, 5.74) is 4.85. The first-order chi connectivity index (χ1) is 10.2. The van der Waals surface area contributed by atoms with Gasteiger partial charge in [-0.05, 0) is 47.3 Å². The lowest BCUT2D eigenvalue weighted by Crippen LogP contribution is -2.55. The fourth-order valence-corrected chi connectivity index (χ4v) is 7.15. The summed E-state index contributed by atoms with van der Waals surface area (Å²) in [7, 11) is 0. The lowest BCUT2D eigenvalue weighted by Gasteiger charge is -2.63. The Labute approximate surface area is 137 Å². The van der Waals surface area contributed by atoms with E-state index < -0.39 is 0 Å². The summed E-state index contributed by atoms with van der Waals surface area (Å²) in [5.74, 6) is 5.26. The van der Waals surface area contributed by atoms with Crippen LogP contribution in [0.3, 0.4) is 0 Å². The predicted octanol–water partition coefficient (Wildman–Crippen LogP) is 5.40. The molecule has 0 aromatic heterocycles. The second kappa shape index (κ2) is 4.34. The van der Waals surface area contributed by atoms with Crippen molar-refractivity contribution < 1.29 is 0 Å². The molecule has 0 aromatic carbocycles. The Morgan fingerprint density at radius 1 is 0.818 bits per heavy atom. The first-order valence-corrected chi connectivity index (χ1v) is 9.84. The highest BCUT2D eigenvalue weighted by atomic mass is 14.6. The maximum absolute atomic E-state index is 2.73. The van der Waals surface area contributed by atoms with Crippen molar-refractivity contribution in [3.63, 3.8) is 0 Å². The third-order valence-electron chi connectivity index (χ3n) is 9.27. The molecular formula is C21H34B-. The topological polar surface area (TPSA) is 0 Å². The molecule has 6 aliphatic rings. The molecule has 6 aliphatic carbocycles. The van der Waals surface area contributed by atoms with Crippen molar-refractivity contribution in [1.82, 2.24) is 0 Å². The minimum absolute atomic E-state index is 0.259. The van der Waals surface area contributed by atoms with Gasteiger partial charge < -0.3 is 0 Å². The number of hydrogen-bond donors (Lipinski definition) is 0. The van der Waals surface area contributed by atoms with Gasteiger partial charge in [-0.2, -0.15) is 6.82 Å². The molecule has 0 heterocycles. The van der Waals surface area contributed by atoms with E-state index in [0.717, 1.165) is 35.5 Å². The van der Waals surface area contributed by atoms with Gasteiger partial charge in [0.2, 0.25) is 0 Å². The van der Waals surface area contributed by atoms with Crippen LogP contribution < -0.4 is 0 Å². The SMILES string of the molecule is C[BH-](C1=CC2CC(C1C)C2(C)C)C1=CC2CC(C1C)C2(C)C. The summed E-state index contributed by atoms with van der Waals surface area (Å²) >= 11 is 0. The molecule has 0 nitrogen and oxygen atoms in total. The summed E-state index contributed by atoms with van der Waals surface area (Å²) < 4.78 is 0.